The molecule has 3 aromatic rings. The Balaban J connectivity index is 1.98. The summed E-state index contributed by atoms with van der Waals surface area (Å²) in [7, 11) is 1.58. The van der Waals surface area contributed by atoms with E-state index in [9.17, 15) is 10.1 Å². The average Bonchev–Trinajstić information content (AvgIpc) is 2.79. The minimum atomic E-state index is -0.403. The maximum absolute atomic E-state index is 11.8. The van der Waals surface area contributed by atoms with Crippen LogP contribution in [0.4, 0.5) is 17.5 Å². The molecule has 3 rings (SSSR count). The molecule has 1 heterocycles. The summed E-state index contributed by atoms with van der Waals surface area (Å²) in [6.07, 6.45) is 0. The van der Waals surface area contributed by atoms with E-state index in [2.05, 4.69) is 26.8 Å². The first kappa shape index (κ1) is 20.6. The van der Waals surface area contributed by atoms with Gasteiger partial charge < -0.3 is 14.8 Å². The number of anilines is 3. The number of nitrogen functional groups attached to an aromatic ring is 1. The highest BCUT2D eigenvalue weighted by Gasteiger charge is 2.17. The first-order chi connectivity index (χ1) is 14.6. The fourth-order valence-electron chi connectivity index (χ4n) is 2.72. The van der Waals surface area contributed by atoms with Crippen molar-refractivity contribution in [2.24, 2.45) is 5.84 Å². The number of esters is 1. The number of hydrazine groups is 1. The fourth-order valence-corrected chi connectivity index (χ4v) is 2.72. The molecular weight excluding hydrogens is 384 g/mol. The van der Waals surface area contributed by atoms with Crippen molar-refractivity contribution in [2.45, 2.75) is 6.92 Å². The third kappa shape index (κ3) is 4.45. The topological polar surface area (TPSA) is 135 Å². The molecule has 4 N–H and O–H groups in total. The van der Waals surface area contributed by atoms with E-state index in [1.54, 1.807) is 62.6 Å². The number of nitriles is 1. The third-order valence-corrected chi connectivity index (χ3v) is 4.17. The number of nitrogens with zero attached hydrogens (tertiary/aromatic N) is 3. The Morgan fingerprint density at radius 2 is 1.83 bits per heavy atom. The van der Waals surface area contributed by atoms with Gasteiger partial charge in [-0.05, 0) is 55.5 Å². The fraction of sp³-hybridized carbons (Fsp3) is 0.143. The van der Waals surface area contributed by atoms with Gasteiger partial charge in [-0.15, -0.1) is 0 Å². The van der Waals surface area contributed by atoms with Gasteiger partial charge in [0.05, 0.1) is 25.0 Å². The van der Waals surface area contributed by atoms with Gasteiger partial charge in [0.25, 0.3) is 0 Å². The SMILES string of the molecule is CCOC(=O)c1ccc(Nc2nc(NN)nc(-c3ccc(OC)cc3)c2C#N)cc1. The van der Waals surface area contributed by atoms with Crippen molar-refractivity contribution >= 4 is 23.4 Å². The lowest BCUT2D eigenvalue weighted by molar-refractivity contribution is 0.0526. The maximum atomic E-state index is 11.8. The number of hydrogen-bond donors (Lipinski definition) is 3. The summed E-state index contributed by atoms with van der Waals surface area (Å²) < 4.78 is 10.2. The molecule has 30 heavy (non-hydrogen) atoms. The quantitative estimate of drug-likeness (QED) is 0.308. The van der Waals surface area contributed by atoms with Crippen LogP contribution < -0.4 is 21.3 Å². The van der Waals surface area contributed by atoms with Crippen molar-refractivity contribution in [3.63, 3.8) is 0 Å². The Bertz CT molecular complexity index is 1080. The van der Waals surface area contributed by atoms with Crippen molar-refractivity contribution < 1.29 is 14.3 Å². The van der Waals surface area contributed by atoms with Crippen LogP contribution >= 0.6 is 0 Å². The van der Waals surface area contributed by atoms with Crippen LogP contribution in [0.25, 0.3) is 11.3 Å². The summed E-state index contributed by atoms with van der Waals surface area (Å²) >= 11 is 0. The number of nitrogens with one attached hydrogen (secondary N) is 2. The molecule has 0 saturated heterocycles. The first-order valence-corrected chi connectivity index (χ1v) is 9.07. The average molecular weight is 404 g/mol. The summed E-state index contributed by atoms with van der Waals surface area (Å²) in [6.45, 7) is 2.05. The summed E-state index contributed by atoms with van der Waals surface area (Å²) in [5.74, 6) is 6.22. The molecule has 0 bridgehead atoms. The lowest BCUT2D eigenvalue weighted by atomic mass is 10.1. The van der Waals surface area contributed by atoms with Gasteiger partial charge in [-0.2, -0.15) is 10.2 Å². The van der Waals surface area contributed by atoms with E-state index in [4.69, 9.17) is 15.3 Å². The van der Waals surface area contributed by atoms with E-state index in [1.807, 2.05) is 0 Å². The molecule has 0 unspecified atom stereocenters. The molecule has 0 fully saturated rings. The molecule has 1 aromatic heterocycles. The molecule has 0 aliphatic rings. The van der Waals surface area contributed by atoms with Crippen molar-refractivity contribution in [1.82, 2.24) is 9.97 Å². The molecule has 0 aliphatic heterocycles. The maximum Gasteiger partial charge on any atom is 0.338 e. The lowest BCUT2D eigenvalue weighted by Crippen LogP contribution is -2.13. The summed E-state index contributed by atoms with van der Waals surface area (Å²) in [4.78, 5) is 20.4. The van der Waals surface area contributed by atoms with Gasteiger partial charge >= 0.3 is 5.97 Å². The second-order valence-electron chi connectivity index (χ2n) is 6.03. The highest BCUT2D eigenvalue weighted by Crippen LogP contribution is 2.30. The molecule has 0 saturated carbocycles. The van der Waals surface area contributed by atoms with E-state index < -0.39 is 5.97 Å². The molecule has 0 aliphatic carbocycles. The predicted octanol–water partition coefficient (Wildman–Crippen LogP) is 3.23. The Labute approximate surface area is 173 Å². The van der Waals surface area contributed by atoms with E-state index in [-0.39, 0.29) is 17.3 Å². The van der Waals surface area contributed by atoms with Gasteiger partial charge in [0, 0.05) is 11.3 Å². The minimum absolute atomic E-state index is 0.144. The third-order valence-electron chi connectivity index (χ3n) is 4.17. The lowest BCUT2D eigenvalue weighted by Gasteiger charge is -2.13. The Morgan fingerprint density at radius 3 is 2.40 bits per heavy atom. The van der Waals surface area contributed by atoms with Crippen LogP contribution in [0.2, 0.25) is 0 Å². The van der Waals surface area contributed by atoms with Crippen LogP contribution in [-0.2, 0) is 4.74 Å². The summed E-state index contributed by atoms with van der Waals surface area (Å²) in [5.41, 5.74) is 4.83. The number of hydrogen-bond acceptors (Lipinski definition) is 9. The normalized spacial score (nSPS) is 10.1. The summed E-state index contributed by atoms with van der Waals surface area (Å²) in [6, 6.07) is 15.9. The highest BCUT2D eigenvalue weighted by molar-refractivity contribution is 5.90. The molecule has 152 valence electrons. The van der Waals surface area contributed by atoms with Gasteiger partial charge in [-0.1, -0.05) is 0 Å². The molecule has 9 heteroatoms. The van der Waals surface area contributed by atoms with Crippen molar-refractivity contribution in [3.05, 3.63) is 59.7 Å². The Hall–Kier alpha value is -4.16. The number of aromatic nitrogens is 2. The Kier molecular flexibility index (Phi) is 6.42. The molecular formula is C21H20N6O3. The largest absolute Gasteiger partial charge is 0.497 e. The van der Waals surface area contributed by atoms with E-state index in [1.165, 1.54) is 0 Å². The zero-order chi connectivity index (χ0) is 21.5. The van der Waals surface area contributed by atoms with Gasteiger partial charge in [-0.3, -0.25) is 5.43 Å². The number of benzene rings is 2. The first-order valence-electron chi connectivity index (χ1n) is 9.07. The molecule has 0 amide bonds. The second-order valence-corrected chi connectivity index (χ2v) is 6.03. The highest BCUT2D eigenvalue weighted by atomic mass is 16.5. The minimum Gasteiger partial charge on any atom is -0.497 e. The monoisotopic (exact) mass is 404 g/mol. The van der Waals surface area contributed by atoms with Gasteiger partial charge in [0.2, 0.25) is 5.95 Å². The van der Waals surface area contributed by atoms with Crippen molar-refractivity contribution in [2.75, 3.05) is 24.5 Å². The number of ether oxygens (including phenoxy) is 2. The number of carbonyl (C=O) groups is 1. The van der Waals surface area contributed by atoms with E-state index in [0.29, 0.717) is 34.9 Å². The van der Waals surface area contributed by atoms with Crippen LogP contribution in [0.3, 0.4) is 0 Å². The summed E-state index contributed by atoms with van der Waals surface area (Å²) in [5, 5.41) is 12.9. The van der Waals surface area contributed by atoms with Crippen LogP contribution in [0.1, 0.15) is 22.8 Å². The van der Waals surface area contributed by atoms with E-state index in [0.717, 1.165) is 0 Å². The zero-order valence-corrected chi connectivity index (χ0v) is 16.5. The van der Waals surface area contributed by atoms with Crippen LogP contribution in [0.15, 0.2) is 48.5 Å². The molecule has 0 atom stereocenters. The van der Waals surface area contributed by atoms with Crippen LogP contribution in [-0.4, -0.2) is 29.7 Å². The molecule has 2 aromatic carbocycles. The standard InChI is InChI=1S/C21H20N6O3/c1-3-30-20(28)14-4-8-15(9-5-14)24-19-17(12-22)18(25-21(26-19)27-23)13-6-10-16(29-2)11-7-13/h4-11H,3,23H2,1-2H3,(H2,24,25,26,27). The number of carbonyl (C=O) groups excluding carboxylic acids is 1. The van der Waals surface area contributed by atoms with Crippen LogP contribution in [0, 0.1) is 11.3 Å². The number of nitrogens with two attached hydrogens (primary N) is 1. The molecule has 0 spiro atoms. The number of methoxy groups -OCH3 is 1. The smallest absolute Gasteiger partial charge is 0.338 e. The van der Waals surface area contributed by atoms with Crippen molar-refractivity contribution in [3.8, 4) is 23.1 Å². The van der Waals surface area contributed by atoms with E-state index >= 15 is 0 Å². The molecule has 0 radical (unpaired) electrons. The van der Waals surface area contributed by atoms with Crippen LogP contribution in [0.5, 0.6) is 5.75 Å². The second kappa shape index (κ2) is 9.36. The predicted molar refractivity (Wildman–Crippen MR) is 112 cm³/mol. The molecule has 9 nitrogen and oxygen atoms in total. The Morgan fingerprint density at radius 1 is 1.13 bits per heavy atom. The van der Waals surface area contributed by atoms with Gasteiger partial charge in [0.15, 0.2) is 5.82 Å². The zero-order valence-electron chi connectivity index (χ0n) is 16.5. The van der Waals surface area contributed by atoms with Crippen molar-refractivity contribution in [1.29, 1.82) is 5.26 Å². The number of rotatable bonds is 7. The van der Waals surface area contributed by atoms with Gasteiger partial charge in [0.1, 0.15) is 17.4 Å². The van der Waals surface area contributed by atoms with Gasteiger partial charge in [-0.25, -0.2) is 15.6 Å².